The van der Waals surface area contributed by atoms with E-state index in [1.54, 1.807) is 0 Å². The van der Waals surface area contributed by atoms with Crippen molar-refractivity contribution in [2.75, 3.05) is 6.66 Å². The van der Waals surface area contributed by atoms with Crippen LogP contribution < -0.4 is 0 Å². The molecule has 0 aliphatic rings. The lowest BCUT2D eigenvalue weighted by Crippen LogP contribution is -1.69. The van der Waals surface area contributed by atoms with Crippen molar-refractivity contribution >= 4 is 29.7 Å². The maximum absolute atomic E-state index is 2.22. The van der Waals surface area contributed by atoms with Gasteiger partial charge in [0.2, 0.25) is 0 Å². The lowest BCUT2D eigenvalue weighted by atomic mass is 10.1. The van der Waals surface area contributed by atoms with Gasteiger partial charge in [-0.25, -0.2) is 0 Å². The second-order valence-electron chi connectivity index (χ2n) is 4.08. The predicted molar refractivity (Wildman–Crippen MR) is 77.5 cm³/mol. The van der Waals surface area contributed by atoms with Crippen LogP contribution in [-0.2, 0) is 0 Å². The van der Waals surface area contributed by atoms with E-state index in [1.165, 1.54) is 34.7 Å². The van der Waals surface area contributed by atoms with E-state index in [2.05, 4.69) is 67.3 Å². The summed E-state index contributed by atoms with van der Waals surface area (Å²) in [5.41, 5.74) is 0. The second kappa shape index (κ2) is 4.31. The topological polar surface area (TPSA) is 0 Å². The van der Waals surface area contributed by atoms with Gasteiger partial charge in [-0.3, -0.25) is 0 Å². The average Bonchev–Trinajstić information content (AvgIpc) is 2.55. The number of benzene rings is 2. The van der Waals surface area contributed by atoms with Crippen molar-refractivity contribution < 1.29 is 0 Å². The molecule has 0 aliphatic carbocycles. The molecule has 1 heteroatoms. The van der Waals surface area contributed by atoms with Crippen LogP contribution in [0.4, 0.5) is 0 Å². The number of rotatable bonds is 0. The largest absolute Gasteiger partial charge is 0.0987 e. The SMILES string of the molecule is CP=c1c2ccccc2ccc2ccccc12. The normalized spacial score (nSPS) is 11.1. The maximum Gasteiger partial charge on any atom is 0.0130 e. The van der Waals surface area contributed by atoms with Crippen LogP contribution in [0.3, 0.4) is 0 Å². The lowest BCUT2D eigenvalue weighted by Gasteiger charge is -1.94. The van der Waals surface area contributed by atoms with Crippen molar-refractivity contribution in [2.24, 2.45) is 0 Å². The van der Waals surface area contributed by atoms with Crippen LogP contribution in [-0.4, -0.2) is 6.66 Å². The van der Waals surface area contributed by atoms with Gasteiger partial charge in [-0.05, 0) is 28.2 Å². The summed E-state index contributed by atoms with van der Waals surface area (Å²) < 4.78 is 0. The van der Waals surface area contributed by atoms with Crippen molar-refractivity contribution in [1.82, 2.24) is 0 Å². The first-order valence-electron chi connectivity index (χ1n) is 5.74. The molecule has 0 heterocycles. The first-order chi connectivity index (χ1) is 8.40. The lowest BCUT2D eigenvalue weighted by molar-refractivity contribution is 1.80. The first-order valence-corrected chi connectivity index (χ1v) is 7.08. The molecule has 0 radical (unpaired) electrons. The van der Waals surface area contributed by atoms with Crippen molar-refractivity contribution in [2.45, 2.75) is 0 Å². The number of hydrogen-bond donors (Lipinski definition) is 0. The molecule has 0 fully saturated rings. The van der Waals surface area contributed by atoms with Crippen molar-refractivity contribution in [3.8, 4) is 0 Å². The summed E-state index contributed by atoms with van der Waals surface area (Å²) >= 11 is 0. The quantitative estimate of drug-likeness (QED) is 0.476. The van der Waals surface area contributed by atoms with E-state index < -0.39 is 0 Å². The Hall–Kier alpha value is -1.65. The molecular weight excluding hydrogens is 223 g/mol. The van der Waals surface area contributed by atoms with Gasteiger partial charge < -0.3 is 0 Å². The second-order valence-corrected chi connectivity index (χ2v) is 4.97. The Morgan fingerprint density at radius 1 is 0.647 bits per heavy atom. The van der Waals surface area contributed by atoms with Crippen LogP contribution in [0.2, 0.25) is 0 Å². The van der Waals surface area contributed by atoms with E-state index in [4.69, 9.17) is 0 Å². The summed E-state index contributed by atoms with van der Waals surface area (Å²) in [7, 11) is 1.32. The maximum atomic E-state index is 2.22. The Balaban J connectivity index is 2.71. The molecule has 82 valence electrons. The van der Waals surface area contributed by atoms with Gasteiger partial charge in [0.15, 0.2) is 0 Å². The Morgan fingerprint density at radius 2 is 1.12 bits per heavy atom. The minimum Gasteiger partial charge on any atom is -0.0987 e. The van der Waals surface area contributed by atoms with E-state index in [1.807, 2.05) is 0 Å². The first kappa shape index (κ1) is 10.5. The fourth-order valence-electron chi connectivity index (χ4n) is 2.28. The zero-order valence-electron chi connectivity index (χ0n) is 9.72. The molecule has 17 heavy (non-hydrogen) atoms. The van der Waals surface area contributed by atoms with Gasteiger partial charge in [-0.15, -0.1) is 0 Å². The van der Waals surface area contributed by atoms with Gasteiger partial charge in [0.25, 0.3) is 0 Å². The molecular formula is C16H13P. The summed E-state index contributed by atoms with van der Waals surface area (Å²) in [4.78, 5) is 1.42. The van der Waals surface area contributed by atoms with Gasteiger partial charge in [0, 0.05) is 4.94 Å². The van der Waals surface area contributed by atoms with Crippen LogP contribution in [0.5, 0.6) is 0 Å². The summed E-state index contributed by atoms with van der Waals surface area (Å²) in [5, 5.41) is 5.34. The van der Waals surface area contributed by atoms with E-state index >= 15 is 0 Å². The monoisotopic (exact) mass is 236 g/mol. The molecule has 3 rings (SSSR count). The molecule has 0 N–H and O–H groups in total. The molecule has 0 aromatic heterocycles. The molecule has 0 atom stereocenters. The van der Waals surface area contributed by atoms with E-state index in [0.717, 1.165) is 0 Å². The highest BCUT2D eigenvalue weighted by molar-refractivity contribution is 7.28. The average molecular weight is 236 g/mol. The molecule has 3 aromatic rings. The van der Waals surface area contributed by atoms with E-state index in [0.29, 0.717) is 0 Å². The Labute approximate surface area is 102 Å². The molecule has 0 amide bonds. The zero-order chi connectivity index (χ0) is 11.7. The molecule has 0 saturated carbocycles. The summed E-state index contributed by atoms with van der Waals surface area (Å²) in [6.07, 6.45) is 0. The summed E-state index contributed by atoms with van der Waals surface area (Å²) in [5.74, 6) is 0. The van der Waals surface area contributed by atoms with Gasteiger partial charge in [-0.2, -0.15) is 0 Å². The van der Waals surface area contributed by atoms with E-state index in [-0.39, 0.29) is 0 Å². The van der Waals surface area contributed by atoms with Crippen LogP contribution >= 0.6 is 8.20 Å². The van der Waals surface area contributed by atoms with Gasteiger partial charge in [-0.1, -0.05) is 68.9 Å². The van der Waals surface area contributed by atoms with Crippen LogP contribution in [0.25, 0.3) is 21.5 Å². The van der Waals surface area contributed by atoms with Gasteiger partial charge in [0.1, 0.15) is 0 Å². The molecule has 0 bridgehead atoms. The fraction of sp³-hybridized carbons (Fsp3) is 0.0625. The summed E-state index contributed by atoms with van der Waals surface area (Å²) in [6.45, 7) is 2.20. The zero-order valence-corrected chi connectivity index (χ0v) is 10.6. The van der Waals surface area contributed by atoms with Gasteiger partial charge >= 0.3 is 0 Å². The molecule has 0 spiro atoms. The standard InChI is InChI=1S/C16H13P/c1-17-16-14-8-4-2-6-12(14)10-11-13-7-3-5-9-15(13)16/h2-11H,1H3. The number of hydrogen-bond acceptors (Lipinski definition) is 0. The van der Waals surface area contributed by atoms with Crippen LogP contribution in [0.15, 0.2) is 60.7 Å². The summed E-state index contributed by atoms with van der Waals surface area (Å²) in [6, 6.07) is 21.7. The third-order valence-electron chi connectivity index (χ3n) is 3.10. The smallest absolute Gasteiger partial charge is 0.0130 e. The van der Waals surface area contributed by atoms with Gasteiger partial charge in [0.05, 0.1) is 0 Å². The third kappa shape index (κ3) is 1.75. The highest BCUT2D eigenvalue weighted by Gasteiger charge is 1.97. The van der Waals surface area contributed by atoms with Crippen molar-refractivity contribution in [3.63, 3.8) is 0 Å². The van der Waals surface area contributed by atoms with Crippen molar-refractivity contribution in [3.05, 3.63) is 65.6 Å². The van der Waals surface area contributed by atoms with Crippen LogP contribution in [0.1, 0.15) is 0 Å². The fourth-order valence-corrected chi connectivity index (χ4v) is 3.17. The Kier molecular flexibility index (Phi) is 2.66. The Bertz CT molecular complexity index is 696. The number of fused-ring (bicyclic) bond motifs is 2. The molecule has 0 saturated heterocycles. The molecule has 0 nitrogen and oxygen atoms in total. The third-order valence-corrected chi connectivity index (χ3v) is 4.03. The highest BCUT2D eigenvalue weighted by atomic mass is 31.1. The van der Waals surface area contributed by atoms with Crippen LogP contribution in [0, 0.1) is 4.94 Å². The van der Waals surface area contributed by atoms with Crippen molar-refractivity contribution in [1.29, 1.82) is 0 Å². The minimum absolute atomic E-state index is 1.31. The molecule has 0 unspecified atom stereocenters. The predicted octanol–water partition coefficient (Wildman–Crippen LogP) is 5.10. The highest BCUT2D eigenvalue weighted by Crippen LogP contribution is 2.24. The minimum atomic E-state index is 1.31. The van der Waals surface area contributed by atoms with E-state index in [9.17, 15) is 0 Å². The molecule has 0 aliphatic heterocycles. The molecule has 3 aromatic carbocycles. The Morgan fingerprint density at radius 3 is 1.59 bits per heavy atom.